The maximum Gasteiger partial charge on any atom is 0.337 e. The SMILES string of the molecule is CSc1nc2nc(-c3ccccc3)c(C(=O)O)cc2c(=O)[nH]1. The Morgan fingerprint density at radius 1 is 1.23 bits per heavy atom. The fraction of sp³-hybridized carbons (Fsp3) is 0.0667. The van der Waals surface area contributed by atoms with E-state index in [0.717, 1.165) is 0 Å². The number of rotatable bonds is 3. The van der Waals surface area contributed by atoms with Gasteiger partial charge in [-0.3, -0.25) is 4.79 Å². The minimum absolute atomic E-state index is 0.0251. The summed E-state index contributed by atoms with van der Waals surface area (Å²) < 4.78 is 0. The number of carbonyl (C=O) groups is 1. The van der Waals surface area contributed by atoms with Crippen LogP contribution in [0.1, 0.15) is 10.4 Å². The van der Waals surface area contributed by atoms with Crippen LogP contribution in [0.5, 0.6) is 0 Å². The quantitative estimate of drug-likeness (QED) is 0.569. The second kappa shape index (κ2) is 5.61. The molecule has 1 aromatic carbocycles. The molecule has 0 saturated carbocycles. The number of aromatic carboxylic acids is 1. The molecule has 0 unspecified atom stereocenters. The van der Waals surface area contributed by atoms with E-state index in [9.17, 15) is 14.7 Å². The highest BCUT2D eigenvalue weighted by atomic mass is 32.2. The molecular weight excluding hydrogens is 302 g/mol. The highest BCUT2D eigenvalue weighted by molar-refractivity contribution is 7.98. The van der Waals surface area contributed by atoms with Crippen LogP contribution in [0.2, 0.25) is 0 Å². The number of fused-ring (bicyclic) bond motifs is 1. The second-order valence-electron chi connectivity index (χ2n) is 4.50. The molecule has 0 aliphatic carbocycles. The number of pyridine rings is 1. The topological polar surface area (TPSA) is 95.9 Å². The zero-order valence-electron chi connectivity index (χ0n) is 11.5. The molecule has 0 saturated heterocycles. The maximum atomic E-state index is 12.0. The van der Waals surface area contributed by atoms with E-state index < -0.39 is 11.5 Å². The Bertz CT molecular complexity index is 922. The van der Waals surface area contributed by atoms with Gasteiger partial charge in [0.25, 0.3) is 5.56 Å². The molecule has 110 valence electrons. The Balaban J connectivity index is 2.37. The molecule has 0 aliphatic heterocycles. The van der Waals surface area contributed by atoms with Crippen LogP contribution in [-0.2, 0) is 0 Å². The molecule has 0 fully saturated rings. The van der Waals surface area contributed by atoms with Crippen LogP contribution in [0.4, 0.5) is 0 Å². The van der Waals surface area contributed by atoms with E-state index in [4.69, 9.17) is 0 Å². The summed E-state index contributed by atoms with van der Waals surface area (Å²) in [7, 11) is 0. The van der Waals surface area contributed by atoms with Gasteiger partial charge in [-0.25, -0.2) is 14.8 Å². The van der Waals surface area contributed by atoms with Crippen molar-refractivity contribution in [2.75, 3.05) is 6.26 Å². The lowest BCUT2D eigenvalue weighted by Crippen LogP contribution is -2.12. The molecule has 6 nitrogen and oxygen atoms in total. The summed E-state index contributed by atoms with van der Waals surface area (Å²) in [5, 5.41) is 10.0. The van der Waals surface area contributed by atoms with E-state index in [1.807, 2.05) is 6.07 Å². The number of hydrogen-bond donors (Lipinski definition) is 2. The summed E-state index contributed by atoms with van der Waals surface area (Å²) in [6.45, 7) is 0. The molecular formula is C15H11N3O3S. The van der Waals surface area contributed by atoms with Gasteiger partial charge in [0.15, 0.2) is 10.8 Å². The first kappa shape index (κ1) is 14.3. The monoisotopic (exact) mass is 313 g/mol. The average molecular weight is 313 g/mol. The van der Waals surface area contributed by atoms with Gasteiger partial charge in [0.2, 0.25) is 0 Å². The zero-order chi connectivity index (χ0) is 15.7. The summed E-state index contributed by atoms with van der Waals surface area (Å²) >= 11 is 1.29. The van der Waals surface area contributed by atoms with Crippen molar-refractivity contribution >= 4 is 28.8 Å². The number of carboxylic acids is 1. The summed E-state index contributed by atoms with van der Waals surface area (Å²) in [6.07, 6.45) is 1.79. The minimum atomic E-state index is -1.14. The molecule has 0 radical (unpaired) electrons. The van der Waals surface area contributed by atoms with Gasteiger partial charge in [0.1, 0.15) is 0 Å². The Morgan fingerprint density at radius 3 is 2.59 bits per heavy atom. The molecule has 2 N–H and O–H groups in total. The fourth-order valence-electron chi connectivity index (χ4n) is 2.12. The number of nitrogens with one attached hydrogen (secondary N) is 1. The van der Waals surface area contributed by atoms with Crippen molar-refractivity contribution in [3.05, 3.63) is 52.3 Å². The largest absolute Gasteiger partial charge is 0.478 e. The third-order valence-electron chi connectivity index (χ3n) is 3.15. The van der Waals surface area contributed by atoms with Gasteiger partial charge in [0, 0.05) is 5.56 Å². The lowest BCUT2D eigenvalue weighted by molar-refractivity contribution is 0.0697. The van der Waals surface area contributed by atoms with E-state index >= 15 is 0 Å². The Hall–Kier alpha value is -2.67. The van der Waals surface area contributed by atoms with Crippen LogP contribution in [0, 0.1) is 0 Å². The number of nitrogens with zero attached hydrogens (tertiary/aromatic N) is 2. The standard InChI is InChI=1S/C15H11N3O3S/c1-22-15-17-12-10(13(19)18-15)7-9(14(20)21)11(16-12)8-5-3-2-4-6-8/h2-7H,1H3,(H,20,21)(H,16,17,18,19). The smallest absolute Gasteiger partial charge is 0.337 e. The van der Waals surface area contributed by atoms with Crippen molar-refractivity contribution in [1.82, 2.24) is 15.0 Å². The van der Waals surface area contributed by atoms with Crippen molar-refractivity contribution < 1.29 is 9.90 Å². The number of thioether (sulfide) groups is 1. The molecule has 0 spiro atoms. The minimum Gasteiger partial charge on any atom is -0.478 e. The van der Waals surface area contributed by atoms with Gasteiger partial charge in [-0.1, -0.05) is 42.1 Å². The molecule has 3 rings (SSSR count). The Labute approximate surface area is 129 Å². The Kier molecular flexibility index (Phi) is 3.64. The van der Waals surface area contributed by atoms with Gasteiger partial charge >= 0.3 is 5.97 Å². The van der Waals surface area contributed by atoms with E-state index in [1.54, 1.807) is 30.5 Å². The van der Waals surface area contributed by atoms with E-state index in [-0.39, 0.29) is 16.6 Å². The normalized spacial score (nSPS) is 10.8. The molecule has 0 aliphatic rings. The molecule has 3 aromatic rings. The summed E-state index contributed by atoms with van der Waals surface area (Å²) in [4.78, 5) is 34.7. The first-order valence-corrected chi connectivity index (χ1v) is 7.60. The summed E-state index contributed by atoms with van der Waals surface area (Å²) in [5.74, 6) is -1.14. The van der Waals surface area contributed by atoms with Crippen molar-refractivity contribution in [2.45, 2.75) is 5.16 Å². The van der Waals surface area contributed by atoms with E-state index in [1.165, 1.54) is 17.8 Å². The number of aromatic amines is 1. The van der Waals surface area contributed by atoms with Gasteiger partial charge in [-0.05, 0) is 12.3 Å². The number of H-pyrrole nitrogens is 1. The van der Waals surface area contributed by atoms with Crippen LogP contribution >= 0.6 is 11.8 Å². The molecule has 2 heterocycles. The highest BCUT2D eigenvalue weighted by Crippen LogP contribution is 2.24. The van der Waals surface area contributed by atoms with Crippen LogP contribution in [0.15, 0.2) is 46.3 Å². The van der Waals surface area contributed by atoms with Crippen molar-refractivity contribution in [3.8, 4) is 11.3 Å². The fourth-order valence-corrected chi connectivity index (χ4v) is 2.49. The van der Waals surface area contributed by atoms with Crippen molar-refractivity contribution in [2.24, 2.45) is 0 Å². The van der Waals surface area contributed by atoms with Crippen molar-refractivity contribution in [1.29, 1.82) is 0 Å². The molecule has 0 amide bonds. The van der Waals surface area contributed by atoms with E-state index in [2.05, 4.69) is 15.0 Å². The van der Waals surface area contributed by atoms with Crippen LogP contribution in [0.25, 0.3) is 22.3 Å². The second-order valence-corrected chi connectivity index (χ2v) is 5.30. The first-order chi connectivity index (χ1) is 10.6. The number of benzene rings is 1. The number of aromatic nitrogens is 3. The highest BCUT2D eigenvalue weighted by Gasteiger charge is 2.17. The third kappa shape index (κ3) is 2.46. The third-order valence-corrected chi connectivity index (χ3v) is 3.73. The van der Waals surface area contributed by atoms with Crippen LogP contribution in [0.3, 0.4) is 0 Å². The van der Waals surface area contributed by atoms with Gasteiger partial charge in [0.05, 0.1) is 16.6 Å². The van der Waals surface area contributed by atoms with Crippen LogP contribution < -0.4 is 5.56 Å². The molecule has 0 bridgehead atoms. The Morgan fingerprint density at radius 2 is 1.95 bits per heavy atom. The molecule has 2 aromatic heterocycles. The maximum absolute atomic E-state index is 12.0. The summed E-state index contributed by atoms with van der Waals surface area (Å²) in [6, 6.07) is 10.3. The summed E-state index contributed by atoms with van der Waals surface area (Å²) in [5.41, 5.74) is 0.768. The lowest BCUT2D eigenvalue weighted by atomic mass is 10.0. The van der Waals surface area contributed by atoms with Crippen LogP contribution in [-0.4, -0.2) is 32.3 Å². The average Bonchev–Trinajstić information content (AvgIpc) is 2.54. The number of carboxylic acid groups (broad SMARTS) is 1. The molecule has 22 heavy (non-hydrogen) atoms. The molecule has 0 atom stereocenters. The zero-order valence-corrected chi connectivity index (χ0v) is 12.3. The first-order valence-electron chi connectivity index (χ1n) is 6.38. The lowest BCUT2D eigenvalue weighted by Gasteiger charge is -2.07. The van der Waals surface area contributed by atoms with Gasteiger partial charge in [-0.15, -0.1) is 0 Å². The van der Waals surface area contributed by atoms with Gasteiger partial charge in [-0.2, -0.15) is 0 Å². The molecule has 7 heteroatoms. The van der Waals surface area contributed by atoms with E-state index in [0.29, 0.717) is 16.4 Å². The predicted molar refractivity (Wildman–Crippen MR) is 84.3 cm³/mol. The van der Waals surface area contributed by atoms with Gasteiger partial charge < -0.3 is 10.1 Å². The predicted octanol–water partition coefficient (Wildman–Crippen LogP) is 2.41. The van der Waals surface area contributed by atoms with Crippen molar-refractivity contribution in [3.63, 3.8) is 0 Å². The number of hydrogen-bond acceptors (Lipinski definition) is 5.